The number of nitrogens with zero attached hydrogens (tertiary/aromatic N) is 1. The van der Waals surface area contributed by atoms with Gasteiger partial charge >= 0.3 is 5.97 Å². The molecular formula is C19H36N8O6. The molecule has 4 atom stereocenters. The molecule has 0 aromatic carbocycles. The monoisotopic (exact) mass is 472 g/mol. The standard InChI is InChI=1S/C19H36N8O6/c1-9(2)14(21)17(31)27-11(5-4-8-24-19(22)23)16(30)26-12(6-7-13(20)28)15(29)25-10(3)18(32)33/h9-12,14H,4-8,21H2,1-3H3,(H2,20,28)(H,25,29)(H,26,30)(H,27,31)(H,32,33)(H4,22,23,24). The van der Waals surface area contributed by atoms with Crippen molar-refractivity contribution in [2.24, 2.45) is 33.8 Å². The maximum absolute atomic E-state index is 12.9. The van der Waals surface area contributed by atoms with Crippen LogP contribution in [-0.2, 0) is 24.0 Å². The lowest BCUT2D eigenvalue weighted by Crippen LogP contribution is -2.57. The van der Waals surface area contributed by atoms with Crippen LogP contribution in [-0.4, -0.2) is 71.4 Å². The van der Waals surface area contributed by atoms with Gasteiger partial charge in [0.05, 0.1) is 6.04 Å². The molecule has 0 aromatic rings. The van der Waals surface area contributed by atoms with Gasteiger partial charge in [-0.1, -0.05) is 13.8 Å². The molecule has 14 heteroatoms. The Bertz CT molecular complexity index is 738. The average Bonchev–Trinajstić information content (AvgIpc) is 2.71. The Hall–Kier alpha value is -3.42. The Morgan fingerprint density at radius 2 is 1.36 bits per heavy atom. The number of hydrogen-bond donors (Lipinski definition) is 8. The van der Waals surface area contributed by atoms with E-state index < -0.39 is 53.8 Å². The van der Waals surface area contributed by atoms with Crippen molar-refractivity contribution < 1.29 is 29.1 Å². The van der Waals surface area contributed by atoms with E-state index >= 15 is 0 Å². The zero-order chi connectivity index (χ0) is 25.7. The number of amides is 4. The minimum absolute atomic E-state index is 0.120. The number of carbonyl (C=O) groups is 5. The summed E-state index contributed by atoms with van der Waals surface area (Å²) < 4.78 is 0. The number of aliphatic carboxylic acids is 1. The first-order chi connectivity index (χ1) is 15.3. The van der Waals surface area contributed by atoms with Crippen molar-refractivity contribution in [3.63, 3.8) is 0 Å². The van der Waals surface area contributed by atoms with E-state index in [1.165, 1.54) is 6.92 Å². The second-order valence-corrected chi connectivity index (χ2v) is 7.91. The zero-order valence-corrected chi connectivity index (χ0v) is 19.2. The van der Waals surface area contributed by atoms with E-state index in [4.69, 9.17) is 28.0 Å². The Morgan fingerprint density at radius 1 is 0.848 bits per heavy atom. The maximum Gasteiger partial charge on any atom is 0.325 e. The van der Waals surface area contributed by atoms with Crippen molar-refractivity contribution in [1.82, 2.24) is 16.0 Å². The fourth-order valence-electron chi connectivity index (χ4n) is 2.55. The molecule has 0 saturated heterocycles. The lowest BCUT2D eigenvalue weighted by molar-refractivity contribution is -0.142. The van der Waals surface area contributed by atoms with E-state index in [2.05, 4.69) is 20.9 Å². The minimum Gasteiger partial charge on any atom is -0.480 e. The van der Waals surface area contributed by atoms with Crippen molar-refractivity contribution in [2.45, 2.75) is 70.6 Å². The summed E-state index contributed by atoms with van der Waals surface area (Å²) in [5.74, 6) is -4.42. The third-order valence-corrected chi connectivity index (χ3v) is 4.64. The number of guanidine groups is 1. The molecule has 0 fully saturated rings. The predicted molar refractivity (Wildman–Crippen MR) is 120 cm³/mol. The molecule has 33 heavy (non-hydrogen) atoms. The van der Waals surface area contributed by atoms with E-state index in [1.54, 1.807) is 13.8 Å². The van der Waals surface area contributed by atoms with Crippen molar-refractivity contribution in [1.29, 1.82) is 0 Å². The molecule has 12 N–H and O–H groups in total. The van der Waals surface area contributed by atoms with Gasteiger partial charge in [0.15, 0.2) is 5.96 Å². The van der Waals surface area contributed by atoms with Crippen LogP contribution in [0.1, 0.15) is 46.5 Å². The molecule has 0 spiro atoms. The van der Waals surface area contributed by atoms with Crippen LogP contribution in [0.15, 0.2) is 4.99 Å². The molecule has 0 aliphatic carbocycles. The van der Waals surface area contributed by atoms with Gasteiger partial charge in [-0.05, 0) is 32.1 Å². The number of nitrogens with two attached hydrogens (primary N) is 4. The zero-order valence-electron chi connectivity index (χ0n) is 19.2. The molecule has 0 saturated carbocycles. The van der Waals surface area contributed by atoms with Gasteiger partial charge < -0.3 is 44.0 Å². The van der Waals surface area contributed by atoms with Gasteiger partial charge in [-0.25, -0.2) is 0 Å². The van der Waals surface area contributed by atoms with Crippen LogP contribution in [0.3, 0.4) is 0 Å². The summed E-state index contributed by atoms with van der Waals surface area (Å²) in [7, 11) is 0. The molecule has 0 aromatic heterocycles. The molecule has 4 amide bonds. The van der Waals surface area contributed by atoms with Gasteiger partial charge in [0.25, 0.3) is 0 Å². The van der Waals surface area contributed by atoms with Gasteiger partial charge in [-0.15, -0.1) is 0 Å². The summed E-state index contributed by atoms with van der Waals surface area (Å²) in [4.78, 5) is 63.8. The van der Waals surface area contributed by atoms with Crippen LogP contribution < -0.4 is 38.9 Å². The van der Waals surface area contributed by atoms with Crippen LogP contribution in [0, 0.1) is 5.92 Å². The lowest BCUT2D eigenvalue weighted by atomic mass is 10.0. The van der Waals surface area contributed by atoms with Crippen LogP contribution in [0.5, 0.6) is 0 Å². The van der Waals surface area contributed by atoms with E-state index in [0.717, 1.165) is 0 Å². The summed E-state index contributed by atoms with van der Waals surface area (Å²) in [5, 5.41) is 16.2. The van der Waals surface area contributed by atoms with E-state index in [-0.39, 0.29) is 37.7 Å². The van der Waals surface area contributed by atoms with Crippen molar-refractivity contribution in [3.8, 4) is 0 Å². The average molecular weight is 473 g/mol. The molecule has 0 radical (unpaired) electrons. The molecule has 4 unspecified atom stereocenters. The quantitative estimate of drug-likeness (QED) is 0.0678. The number of carbonyl (C=O) groups excluding carboxylic acids is 4. The first-order valence-electron chi connectivity index (χ1n) is 10.5. The number of rotatable bonds is 15. The fourth-order valence-corrected chi connectivity index (χ4v) is 2.55. The lowest BCUT2D eigenvalue weighted by Gasteiger charge is -2.25. The topological polar surface area (TPSA) is 258 Å². The smallest absolute Gasteiger partial charge is 0.325 e. The van der Waals surface area contributed by atoms with Gasteiger partial charge in [-0.2, -0.15) is 0 Å². The fraction of sp³-hybridized carbons (Fsp3) is 0.684. The van der Waals surface area contributed by atoms with E-state index in [0.29, 0.717) is 6.42 Å². The Morgan fingerprint density at radius 3 is 1.85 bits per heavy atom. The molecule has 0 heterocycles. The Balaban J connectivity index is 5.51. The summed E-state index contributed by atoms with van der Waals surface area (Å²) in [6.07, 6.45) is 0.0369. The van der Waals surface area contributed by atoms with Gasteiger partial charge in [0, 0.05) is 13.0 Å². The number of nitrogens with one attached hydrogen (secondary N) is 3. The van der Waals surface area contributed by atoms with Crippen molar-refractivity contribution in [2.75, 3.05) is 6.54 Å². The van der Waals surface area contributed by atoms with Crippen LogP contribution in [0.2, 0.25) is 0 Å². The first-order valence-corrected chi connectivity index (χ1v) is 10.5. The third kappa shape index (κ3) is 12.3. The number of carboxylic acids is 1. The SMILES string of the molecule is CC(NC(=O)C(CCC(N)=O)NC(=O)C(CCCN=C(N)N)NC(=O)C(N)C(C)C)C(=O)O. The first kappa shape index (κ1) is 29.6. The molecule has 0 rings (SSSR count). The molecule has 188 valence electrons. The second-order valence-electron chi connectivity index (χ2n) is 7.91. The van der Waals surface area contributed by atoms with Crippen molar-refractivity contribution >= 4 is 35.6 Å². The highest BCUT2D eigenvalue weighted by atomic mass is 16.4. The normalized spacial score (nSPS) is 14.3. The largest absolute Gasteiger partial charge is 0.480 e. The summed E-state index contributed by atoms with van der Waals surface area (Å²) in [6, 6.07) is -4.45. The number of primary amides is 1. The van der Waals surface area contributed by atoms with Gasteiger partial charge in [0.2, 0.25) is 23.6 Å². The van der Waals surface area contributed by atoms with Crippen LogP contribution >= 0.6 is 0 Å². The second kappa shape index (κ2) is 14.6. The molecule has 14 nitrogen and oxygen atoms in total. The third-order valence-electron chi connectivity index (χ3n) is 4.64. The summed E-state index contributed by atoms with van der Waals surface area (Å²) in [5.41, 5.74) is 21.5. The summed E-state index contributed by atoms with van der Waals surface area (Å²) >= 11 is 0. The van der Waals surface area contributed by atoms with Crippen LogP contribution in [0.25, 0.3) is 0 Å². The minimum atomic E-state index is -1.28. The highest BCUT2D eigenvalue weighted by Crippen LogP contribution is 2.06. The van der Waals surface area contributed by atoms with E-state index in [1.807, 2.05) is 0 Å². The van der Waals surface area contributed by atoms with Gasteiger partial charge in [-0.3, -0.25) is 29.0 Å². The predicted octanol–water partition coefficient (Wildman–Crippen LogP) is -3.15. The highest BCUT2D eigenvalue weighted by molar-refractivity contribution is 5.94. The molecule has 0 bridgehead atoms. The maximum atomic E-state index is 12.9. The van der Waals surface area contributed by atoms with Crippen molar-refractivity contribution in [3.05, 3.63) is 0 Å². The number of carboxylic acid groups (broad SMARTS) is 1. The number of hydrogen-bond acceptors (Lipinski definition) is 7. The molecule has 0 aliphatic rings. The van der Waals surface area contributed by atoms with Gasteiger partial charge in [0.1, 0.15) is 18.1 Å². The van der Waals surface area contributed by atoms with E-state index in [9.17, 15) is 24.0 Å². The number of aliphatic imine (C=N–C) groups is 1. The molecule has 0 aliphatic heterocycles. The van der Waals surface area contributed by atoms with Crippen LogP contribution in [0.4, 0.5) is 0 Å². The Labute approximate surface area is 192 Å². The Kier molecular flexibility index (Phi) is 13.1. The highest BCUT2D eigenvalue weighted by Gasteiger charge is 2.29. The summed E-state index contributed by atoms with van der Waals surface area (Å²) in [6.45, 7) is 4.92. The molecular weight excluding hydrogens is 436 g/mol.